The molecule has 31 heavy (non-hydrogen) atoms. The van der Waals surface area contributed by atoms with Crippen molar-refractivity contribution >= 4 is 11.8 Å². The quantitative estimate of drug-likeness (QED) is 0.650. The smallest absolute Gasteiger partial charge is 0.254 e. The molecule has 0 radical (unpaired) electrons. The Hall–Kier alpha value is -1.95. The number of hydrogen-bond donors (Lipinski definition) is 1. The number of nitrogens with one attached hydrogen (secondary N) is 1. The summed E-state index contributed by atoms with van der Waals surface area (Å²) in [6.45, 7) is 1.23. The third-order valence-electron chi connectivity index (χ3n) is 7.24. The van der Waals surface area contributed by atoms with E-state index in [0.717, 1.165) is 51.4 Å². The fourth-order valence-electron chi connectivity index (χ4n) is 5.61. The highest BCUT2D eigenvalue weighted by Crippen LogP contribution is 2.40. The van der Waals surface area contributed by atoms with Crippen LogP contribution in [0, 0.1) is 11.7 Å². The Labute approximate surface area is 184 Å². The normalized spacial score (nSPS) is 26.5. The highest BCUT2D eigenvalue weighted by atomic mass is 19.1. The summed E-state index contributed by atoms with van der Waals surface area (Å²) in [7, 11) is 0. The van der Waals surface area contributed by atoms with E-state index in [2.05, 4.69) is 5.32 Å². The van der Waals surface area contributed by atoms with Gasteiger partial charge in [0.05, 0.1) is 6.10 Å². The van der Waals surface area contributed by atoms with Crippen LogP contribution in [0.1, 0.15) is 81.0 Å². The number of nitrogens with zero attached hydrogens (tertiary/aromatic N) is 1. The van der Waals surface area contributed by atoms with Crippen molar-refractivity contribution in [2.75, 3.05) is 13.2 Å². The molecular weight excluding hydrogens is 395 g/mol. The second-order valence-electron chi connectivity index (χ2n) is 9.36. The standard InChI is InChI=1S/C25H35FN2O3/c26-20-13-11-18(12-14-20)25(30)28-22-10-5-4-7-19(22)17-23(28)24(29)27-15-6-16-31-21-8-2-1-3-9-21/h11-14,19,21-23H,1-10,15-17H2,(H,27,29)/t19-,22+,23+/m1/s1. The van der Waals surface area contributed by atoms with Crippen molar-refractivity contribution < 1.29 is 18.7 Å². The maximum Gasteiger partial charge on any atom is 0.254 e. The molecule has 1 aliphatic heterocycles. The average molecular weight is 431 g/mol. The Bertz CT molecular complexity index is 748. The third-order valence-corrected chi connectivity index (χ3v) is 7.24. The first kappa shape index (κ1) is 22.3. The van der Waals surface area contributed by atoms with E-state index in [1.807, 2.05) is 0 Å². The van der Waals surface area contributed by atoms with E-state index < -0.39 is 6.04 Å². The van der Waals surface area contributed by atoms with Crippen LogP contribution in [-0.2, 0) is 9.53 Å². The number of halogens is 1. The minimum atomic E-state index is -0.440. The number of fused-ring (bicyclic) bond motifs is 1. The molecule has 1 heterocycles. The Morgan fingerprint density at radius 2 is 1.71 bits per heavy atom. The number of benzene rings is 1. The van der Waals surface area contributed by atoms with Gasteiger partial charge in [-0.1, -0.05) is 32.1 Å². The van der Waals surface area contributed by atoms with Crippen LogP contribution < -0.4 is 5.32 Å². The predicted molar refractivity (Wildman–Crippen MR) is 117 cm³/mol. The van der Waals surface area contributed by atoms with E-state index in [9.17, 15) is 14.0 Å². The molecule has 5 nitrogen and oxygen atoms in total. The third kappa shape index (κ3) is 5.46. The summed E-state index contributed by atoms with van der Waals surface area (Å²) in [5.41, 5.74) is 0.450. The second kappa shape index (κ2) is 10.6. The minimum Gasteiger partial charge on any atom is -0.378 e. The Kier molecular flexibility index (Phi) is 7.59. The number of ether oxygens (including phenoxy) is 1. The SMILES string of the molecule is O=C(NCCCOC1CCCCC1)[C@@H]1C[C@H]2CCCC[C@@H]2N1C(=O)c1ccc(F)cc1. The van der Waals surface area contributed by atoms with Crippen molar-refractivity contribution in [1.29, 1.82) is 0 Å². The number of carbonyl (C=O) groups is 2. The lowest BCUT2D eigenvalue weighted by molar-refractivity contribution is -0.125. The number of amides is 2. The van der Waals surface area contributed by atoms with Gasteiger partial charge < -0.3 is 15.0 Å². The van der Waals surface area contributed by atoms with Crippen LogP contribution in [0.4, 0.5) is 4.39 Å². The summed E-state index contributed by atoms with van der Waals surface area (Å²) in [6.07, 6.45) is 12.3. The molecule has 2 amide bonds. The van der Waals surface area contributed by atoms with Crippen LogP contribution in [-0.4, -0.2) is 48.1 Å². The molecule has 3 fully saturated rings. The van der Waals surface area contributed by atoms with Gasteiger partial charge in [0.2, 0.25) is 5.91 Å². The molecule has 1 aromatic carbocycles. The van der Waals surface area contributed by atoms with E-state index in [0.29, 0.717) is 30.7 Å². The summed E-state index contributed by atoms with van der Waals surface area (Å²) in [5.74, 6) is -0.209. The molecule has 2 aliphatic carbocycles. The summed E-state index contributed by atoms with van der Waals surface area (Å²) in [4.78, 5) is 28.1. The van der Waals surface area contributed by atoms with E-state index in [1.54, 1.807) is 4.90 Å². The van der Waals surface area contributed by atoms with E-state index in [4.69, 9.17) is 4.74 Å². The number of hydrogen-bond acceptors (Lipinski definition) is 3. The van der Waals surface area contributed by atoms with Crippen molar-refractivity contribution in [3.63, 3.8) is 0 Å². The van der Waals surface area contributed by atoms with Crippen molar-refractivity contribution in [3.05, 3.63) is 35.6 Å². The van der Waals surface area contributed by atoms with Crippen LogP contribution in [0.2, 0.25) is 0 Å². The molecule has 4 rings (SSSR count). The highest BCUT2D eigenvalue weighted by molar-refractivity contribution is 5.98. The summed E-state index contributed by atoms with van der Waals surface area (Å²) in [5, 5.41) is 3.04. The van der Waals surface area contributed by atoms with Crippen molar-refractivity contribution in [2.45, 2.75) is 88.8 Å². The first-order valence-electron chi connectivity index (χ1n) is 12.1. The van der Waals surface area contributed by atoms with E-state index in [1.165, 1.54) is 43.5 Å². The molecule has 1 saturated heterocycles. The topological polar surface area (TPSA) is 58.6 Å². The van der Waals surface area contributed by atoms with Gasteiger partial charge in [-0.25, -0.2) is 4.39 Å². The molecule has 0 aromatic heterocycles. The van der Waals surface area contributed by atoms with Gasteiger partial charge in [0.1, 0.15) is 11.9 Å². The van der Waals surface area contributed by atoms with Crippen molar-refractivity contribution in [2.24, 2.45) is 5.92 Å². The lowest BCUT2D eigenvalue weighted by atomic mass is 9.84. The van der Waals surface area contributed by atoms with Gasteiger partial charge >= 0.3 is 0 Å². The van der Waals surface area contributed by atoms with E-state index in [-0.39, 0.29) is 23.7 Å². The summed E-state index contributed by atoms with van der Waals surface area (Å²) in [6, 6.07) is 5.32. The zero-order chi connectivity index (χ0) is 21.6. The molecule has 3 atom stereocenters. The summed E-state index contributed by atoms with van der Waals surface area (Å²) >= 11 is 0. The van der Waals surface area contributed by atoms with Gasteiger partial charge in [0, 0.05) is 24.8 Å². The van der Waals surface area contributed by atoms with Gasteiger partial charge in [0.25, 0.3) is 5.91 Å². The first-order chi connectivity index (χ1) is 15.1. The highest BCUT2D eigenvalue weighted by Gasteiger charge is 2.47. The monoisotopic (exact) mass is 430 g/mol. The lowest BCUT2D eigenvalue weighted by Crippen LogP contribution is -2.49. The number of rotatable bonds is 7. The van der Waals surface area contributed by atoms with Crippen molar-refractivity contribution in [1.82, 2.24) is 10.2 Å². The van der Waals surface area contributed by atoms with Gasteiger partial charge in [-0.15, -0.1) is 0 Å². The van der Waals surface area contributed by atoms with Gasteiger partial charge in [0.15, 0.2) is 0 Å². The molecule has 6 heteroatoms. The second-order valence-corrected chi connectivity index (χ2v) is 9.36. The Morgan fingerprint density at radius 3 is 2.48 bits per heavy atom. The lowest BCUT2D eigenvalue weighted by Gasteiger charge is -2.33. The largest absolute Gasteiger partial charge is 0.378 e. The average Bonchev–Trinajstić information content (AvgIpc) is 3.19. The van der Waals surface area contributed by atoms with Crippen LogP contribution in [0.3, 0.4) is 0 Å². The Balaban J connectivity index is 1.33. The summed E-state index contributed by atoms with van der Waals surface area (Å²) < 4.78 is 19.3. The zero-order valence-electron chi connectivity index (χ0n) is 18.4. The van der Waals surface area contributed by atoms with Gasteiger partial charge in [-0.05, 0) is 68.7 Å². The molecule has 170 valence electrons. The molecule has 2 saturated carbocycles. The number of likely N-dealkylation sites (tertiary alicyclic amines) is 1. The van der Waals surface area contributed by atoms with Gasteiger partial charge in [-0.3, -0.25) is 9.59 Å². The first-order valence-corrected chi connectivity index (χ1v) is 12.1. The molecule has 3 aliphatic rings. The van der Waals surface area contributed by atoms with Crippen LogP contribution >= 0.6 is 0 Å². The minimum absolute atomic E-state index is 0.0671. The molecule has 0 unspecified atom stereocenters. The van der Waals surface area contributed by atoms with Gasteiger partial charge in [-0.2, -0.15) is 0 Å². The fourth-order valence-corrected chi connectivity index (χ4v) is 5.61. The maximum absolute atomic E-state index is 13.3. The molecule has 0 bridgehead atoms. The predicted octanol–water partition coefficient (Wildman–Crippen LogP) is 4.45. The molecule has 1 aromatic rings. The fraction of sp³-hybridized carbons (Fsp3) is 0.680. The molecular formula is C25H35FN2O3. The van der Waals surface area contributed by atoms with Crippen LogP contribution in [0.25, 0.3) is 0 Å². The number of carbonyl (C=O) groups excluding carboxylic acids is 2. The van der Waals surface area contributed by atoms with Crippen LogP contribution in [0.5, 0.6) is 0 Å². The van der Waals surface area contributed by atoms with E-state index >= 15 is 0 Å². The Morgan fingerprint density at radius 1 is 1.00 bits per heavy atom. The molecule has 1 N–H and O–H groups in total. The molecule has 0 spiro atoms. The maximum atomic E-state index is 13.3. The van der Waals surface area contributed by atoms with Crippen LogP contribution in [0.15, 0.2) is 24.3 Å². The zero-order valence-corrected chi connectivity index (χ0v) is 18.4. The van der Waals surface area contributed by atoms with Crippen molar-refractivity contribution in [3.8, 4) is 0 Å².